The lowest BCUT2D eigenvalue weighted by Crippen LogP contribution is -2.28. The van der Waals surface area contributed by atoms with Gasteiger partial charge in [-0.3, -0.25) is 9.59 Å². The van der Waals surface area contributed by atoms with Gasteiger partial charge in [-0.15, -0.1) is 0 Å². The third kappa shape index (κ3) is 4.48. The predicted molar refractivity (Wildman–Crippen MR) is 90.7 cm³/mol. The number of likely N-dealkylation sites (N-methyl/N-ethyl adjacent to an activating group) is 1. The summed E-state index contributed by atoms with van der Waals surface area (Å²) in [6, 6.07) is 4.70. The Morgan fingerprint density at radius 2 is 1.96 bits per heavy atom. The zero-order valence-corrected chi connectivity index (χ0v) is 14.8. The molecule has 0 atom stereocenters. The third-order valence-electron chi connectivity index (χ3n) is 3.84. The van der Waals surface area contributed by atoms with Crippen molar-refractivity contribution in [3.05, 3.63) is 45.8 Å². The Kier molecular flexibility index (Phi) is 6.07. The minimum absolute atomic E-state index is 0.195. The molecule has 0 aliphatic heterocycles. The number of benzene rings is 1. The zero-order chi connectivity index (χ0) is 17.0. The Bertz CT molecular complexity index is 623. The van der Waals surface area contributed by atoms with Gasteiger partial charge in [0.2, 0.25) is 0 Å². The molecule has 1 N–H and O–H groups in total. The summed E-state index contributed by atoms with van der Waals surface area (Å²) in [5.74, 6) is -1.05. The smallest absolute Gasteiger partial charge is 0.168 e. The standard InChI is InChI=1S/C17H20BrFN2O2/c1-21(2)7-6-20-10-13-15(22)8-11(9-16(13)23)12-4-3-5-14(19)17(12)18/h3-5,10-11,20H,6-9H2,1-2H3. The average molecular weight is 383 g/mol. The second kappa shape index (κ2) is 7.84. The number of carbonyl (C=O) groups excluding carboxylic acids is 2. The first-order valence-corrected chi connectivity index (χ1v) is 8.28. The van der Waals surface area contributed by atoms with E-state index >= 15 is 0 Å². The van der Waals surface area contributed by atoms with Crippen LogP contribution in [0.4, 0.5) is 4.39 Å². The second-order valence-corrected chi connectivity index (χ2v) is 6.70. The van der Waals surface area contributed by atoms with Gasteiger partial charge >= 0.3 is 0 Å². The molecule has 0 aromatic heterocycles. The first kappa shape index (κ1) is 17.8. The predicted octanol–water partition coefficient (Wildman–Crippen LogP) is 2.64. The molecule has 0 amide bonds. The van der Waals surface area contributed by atoms with Crippen LogP contribution in [-0.4, -0.2) is 43.7 Å². The molecular formula is C17H20BrFN2O2. The van der Waals surface area contributed by atoms with E-state index in [0.717, 1.165) is 6.54 Å². The van der Waals surface area contributed by atoms with E-state index in [2.05, 4.69) is 21.2 Å². The van der Waals surface area contributed by atoms with E-state index in [4.69, 9.17) is 0 Å². The number of Topliss-reactive ketones (excluding diaryl/α,β-unsaturated/α-hetero) is 2. The largest absolute Gasteiger partial charge is 0.389 e. The summed E-state index contributed by atoms with van der Waals surface area (Å²) in [6.45, 7) is 1.47. The van der Waals surface area contributed by atoms with E-state index in [1.165, 1.54) is 12.3 Å². The molecule has 1 saturated carbocycles. The number of hydrogen-bond donors (Lipinski definition) is 1. The Balaban J connectivity index is 2.07. The maximum atomic E-state index is 13.6. The number of nitrogens with zero attached hydrogens (tertiary/aromatic N) is 1. The number of ketones is 2. The number of halogens is 2. The number of allylic oxidation sites excluding steroid dienone is 1. The van der Waals surface area contributed by atoms with Crippen molar-refractivity contribution in [1.82, 2.24) is 10.2 Å². The van der Waals surface area contributed by atoms with Gasteiger partial charge in [-0.05, 0) is 47.6 Å². The highest BCUT2D eigenvalue weighted by Crippen LogP contribution is 2.36. The topological polar surface area (TPSA) is 49.4 Å². The Morgan fingerprint density at radius 1 is 1.30 bits per heavy atom. The maximum absolute atomic E-state index is 13.6. The first-order valence-electron chi connectivity index (χ1n) is 7.48. The van der Waals surface area contributed by atoms with E-state index in [-0.39, 0.29) is 41.7 Å². The van der Waals surface area contributed by atoms with Crippen LogP contribution < -0.4 is 5.32 Å². The van der Waals surface area contributed by atoms with E-state index in [1.807, 2.05) is 19.0 Å². The van der Waals surface area contributed by atoms with E-state index in [0.29, 0.717) is 16.6 Å². The lowest BCUT2D eigenvalue weighted by Gasteiger charge is -2.23. The van der Waals surface area contributed by atoms with Gasteiger partial charge in [0.1, 0.15) is 5.82 Å². The quantitative estimate of drug-likeness (QED) is 0.483. The first-order chi connectivity index (χ1) is 10.9. The molecule has 2 rings (SSSR count). The van der Waals surface area contributed by atoms with Gasteiger partial charge in [-0.25, -0.2) is 4.39 Å². The van der Waals surface area contributed by atoms with Crippen LogP contribution in [0.3, 0.4) is 0 Å². The summed E-state index contributed by atoms with van der Waals surface area (Å²) in [6.07, 6.45) is 1.95. The lowest BCUT2D eigenvalue weighted by atomic mass is 9.80. The highest BCUT2D eigenvalue weighted by Gasteiger charge is 2.32. The van der Waals surface area contributed by atoms with Gasteiger partial charge < -0.3 is 10.2 Å². The number of hydrogen-bond acceptors (Lipinski definition) is 4. The number of rotatable bonds is 5. The summed E-state index contributed by atoms with van der Waals surface area (Å²) in [5.41, 5.74) is 0.888. The summed E-state index contributed by atoms with van der Waals surface area (Å²) in [7, 11) is 3.90. The molecule has 0 bridgehead atoms. The Labute approximate surface area is 143 Å². The maximum Gasteiger partial charge on any atom is 0.168 e. The van der Waals surface area contributed by atoms with Crippen LogP contribution in [0.15, 0.2) is 34.4 Å². The van der Waals surface area contributed by atoms with Crippen LogP contribution in [0.1, 0.15) is 24.3 Å². The number of nitrogens with one attached hydrogen (secondary N) is 1. The van der Waals surface area contributed by atoms with Crippen molar-refractivity contribution in [2.45, 2.75) is 18.8 Å². The van der Waals surface area contributed by atoms with Crippen LogP contribution in [0.2, 0.25) is 0 Å². The molecule has 6 heteroatoms. The van der Waals surface area contributed by atoms with Crippen molar-refractivity contribution >= 4 is 27.5 Å². The van der Waals surface area contributed by atoms with Crippen molar-refractivity contribution in [2.75, 3.05) is 27.2 Å². The summed E-state index contributed by atoms with van der Waals surface area (Å²) in [4.78, 5) is 26.5. The van der Waals surface area contributed by atoms with Crippen LogP contribution in [-0.2, 0) is 9.59 Å². The minimum Gasteiger partial charge on any atom is -0.389 e. The fourth-order valence-corrected chi connectivity index (χ4v) is 3.16. The summed E-state index contributed by atoms with van der Waals surface area (Å²) < 4.78 is 14.0. The fourth-order valence-electron chi connectivity index (χ4n) is 2.57. The van der Waals surface area contributed by atoms with Gasteiger partial charge in [-0.2, -0.15) is 0 Å². The third-order valence-corrected chi connectivity index (χ3v) is 4.67. The molecule has 1 aromatic carbocycles. The molecule has 1 aromatic rings. The van der Waals surface area contributed by atoms with Crippen molar-refractivity contribution in [2.24, 2.45) is 0 Å². The minimum atomic E-state index is -0.380. The fraction of sp³-hybridized carbons (Fsp3) is 0.412. The van der Waals surface area contributed by atoms with E-state index in [9.17, 15) is 14.0 Å². The molecule has 1 aliphatic carbocycles. The van der Waals surface area contributed by atoms with Gasteiger partial charge in [0, 0.05) is 32.1 Å². The van der Waals surface area contributed by atoms with Crippen molar-refractivity contribution in [3.63, 3.8) is 0 Å². The second-order valence-electron chi connectivity index (χ2n) is 5.91. The van der Waals surface area contributed by atoms with Crippen LogP contribution >= 0.6 is 15.9 Å². The summed E-state index contributed by atoms with van der Waals surface area (Å²) >= 11 is 3.21. The molecule has 0 radical (unpaired) electrons. The summed E-state index contributed by atoms with van der Waals surface area (Å²) in [5, 5.41) is 3.01. The van der Waals surface area contributed by atoms with Crippen molar-refractivity contribution in [3.8, 4) is 0 Å². The van der Waals surface area contributed by atoms with Crippen LogP contribution in [0.25, 0.3) is 0 Å². The van der Waals surface area contributed by atoms with Crippen molar-refractivity contribution in [1.29, 1.82) is 0 Å². The van der Waals surface area contributed by atoms with Gasteiger partial charge in [-0.1, -0.05) is 12.1 Å². The molecule has 0 saturated heterocycles. The molecular weight excluding hydrogens is 363 g/mol. The molecule has 1 fully saturated rings. The highest BCUT2D eigenvalue weighted by atomic mass is 79.9. The van der Waals surface area contributed by atoms with Crippen LogP contribution in [0, 0.1) is 5.82 Å². The Hall–Kier alpha value is -1.53. The molecule has 0 spiro atoms. The average Bonchev–Trinajstić information content (AvgIpc) is 2.48. The molecule has 1 aliphatic rings. The normalized spacial score (nSPS) is 18.5. The van der Waals surface area contributed by atoms with Gasteiger partial charge in [0.05, 0.1) is 10.0 Å². The van der Waals surface area contributed by atoms with Crippen molar-refractivity contribution < 1.29 is 14.0 Å². The van der Waals surface area contributed by atoms with Crippen LogP contribution in [0.5, 0.6) is 0 Å². The monoisotopic (exact) mass is 382 g/mol. The molecule has 0 unspecified atom stereocenters. The van der Waals surface area contributed by atoms with E-state index in [1.54, 1.807) is 12.1 Å². The SMILES string of the molecule is CN(C)CCNC=C1C(=O)CC(c2cccc(F)c2Br)CC1=O. The van der Waals surface area contributed by atoms with E-state index < -0.39 is 0 Å². The van der Waals surface area contributed by atoms with Gasteiger partial charge in [0.15, 0.2) is 11.6 Å². The zero-order valence-electron chi connectivity index (χ0n) is 13.2. The highest BCUT2D eigenvalue weighted by molar-refractivity contribution is 9.10. The van der Waals surface area contributed by atoms with Gasteiger partial charge in [0.25, 0.3) is 0 Å². The molecule has 4 nitrogen and oxygen atoms in total. The molecule has 124 valence electrons. The Morgan fingerprint density at radius 3 is 2.57 bits per heavy atom. The molecule has 23 heavy (non-hydrogen) atoms. The lowest BCUT2D eigenvalue weighted by molar-refractivity contribution is -0.124. The number of carbonyl (C=O) groups is 2. The molecule has 0 heterocycles.